The Bertz CT molecular complexity index is 1350. The van der Waals surface area contributed by atoms with E-state index in [2.05, 4.69) is 30.5 Å². The van der Waals surface area contributed by atoms with Crippen molar-refractivity contribution >= 4 is 33.5 Å². The molecule has 1 amide bonds. The summed E-state index contributed by atoms with van der Waals surface area (Å²) in [6, 6.07) is 14.9. The van der Waals surface area contributed by atoms with Crippen LogP contribution in [0, 0.1) is 0 Å². The normalized spacial score (nSPS) is 12.3. The van der Waals surface area contributed by atoms with Crippen LogP contribution in [0.1, 0.15) is 29.1 Å². The number of imidazole rings is 1. The molecule has 0 saturated carbocycles. The van der Waals surface area contributed by atoms with Crippen molar-refractivity contribution in [2.75, 3.05) is 5.73 Å². The standard InChI is InChI=1S/C22H19N7O/c1-12(13-2-4-15(23)5-3-13)25-22(30)21-26-18-10-16-17(11-19(18)27-21)28-29-20(16)14-6-8-24-9-7-14/h2-12,28-29H,23H2,1H3,(H,25,30)/t12-/m1/s1. The summed E-state index contributed by atoms with van der Waals surface area (Å²) in [4.78, 5) is 25.6. The molecule has 5 rings (SSSR count). The predicted molar refractivity (Wildman–Crippen MR) is 116 cm³/mol. The molecule has 3 aromatic heterocycles. The summed E-state index contributed by atoms with van der Waals surface area (Å²) in [5, 5.41) is 10.2. The van der Waals surface area contributed by atoms with Crippen molar-refractivity contribution in [3.05, 3.63) is 72.3 Å². The van der Waals surface area contributed by atoms with Gasteiger partial charge in [0.2, 0.25) is 5.82 Å². The van der Waals surface area contributed by atoms with Gasteiger partial charge in [-0.3, -0.25) is 14.9 Å². The van der Waals surface area contributed by atoms with E-state index in [-0.39, 0.29) is 17.8 Å². The van der Waals surface area contributed by atoms with E-state index in [1.165, 1.54) is 0 Å². The Hall–Kier alpha value is -4.20. The van der Waals surface area contributed by atoms with E-state index >= 15 is 0 Å². The Labute approximate surface area is 171 Å². The molecule has 0 radical (unpaired) electrons. The molecule has 148 valence electrons. The first-order chi connectivity index (χ1) is 14.6. The summed E-state index contributed by atoms with van der Waals surface area (Å²) in [5.74, 6) is -0.172. The number of nitrogen functional groups attached to an aromatic ring is 1. The molecular weight excluding hydrogens is 378 g/mol. The van der Waals surface area contributed by atoms with E-state index in [1.807, 2.05) is 55.5 Å². The number of nitrogens with two attached hydrogens (primary N) is 1. The second kappa shape index (κ2) is 7.00. The lowest BCUT2D eigenvalue weighted by Crippen LogP contribution is -2.27. The highest BCUT2D eigenvalue weighted by atomic mass is 16.2. The van der Waals surface area contributed by atoms with E-state index < -0.39 is 0 Å². The largest absolute Gasteiger partial charge is 0.399 e. The summed E-state index contributed by atoms with van der Waals surface area (Å²) in [7, 11) is 0. The number of carbonyl (C=O) groups is 1. The molecule has 0 aliphatic carbocycles. The van der Waals surface area contributed by atoms with Gasteiger partial charge in [0.15, 0.2) is 0 Å². The zero-order valence-electron chi connectivity index (χ0n) is 16.2. The van der Waals surface area contributed by atoms with Gasteiger partial charge in [-0.2, -0.15) is 0 Å². The van der Waals surface area contributed by atoms with Crippen LogP contribution in [0.15, 0.2) is 60.9 Å². The number of hydrogen-bond acceptors (Lipinski definition) is 5. The molecule has 0 bridgehead atoms. The third-order valence-electron chi connectivity index (χ3n) is 5.12. The molecule has 0 saturated heterocycles. The first kappa shape index (κ1) is 17.9. The van der Waals surface area contributed by atoms with Gasteiger partial charge >= 0.3 is 0 Å². The minimum Gasteiger partial charge on any atom is -0.399 e. The lowest BCUT2D eigenvalue weighted by atomic mass is 10.1. The van der Waals surface area contributed by atoms with E-state index in [1.54, 1.807) is 12.4 Å². The van der Waals surface area contributed by atoms with Crippen LogP contribution < -0.4 is 11.1 Å². The molecule has 3 heterocycles. The highest BCUT2D eigenvalue weighted by Gasteiger charge is 2.18. The van der Waals surface area contributed by atoms with E-state index in [0.29, 0.717) is 16.7 Å². The molecule has 8 heteroatoms. The quantitative estimate of drug-likeness (QED) is 0.345. The molecule has 0 spiro atoms. The number of aromatic amines is 2. The third-order valence-corrected chi connectivity index (χ3v) is 5.12. The number of anilines is 1. The zero-order valence-corrected chi connectivity index (χ0v) is 16.2. The molecule has 5 aromatic rings. The van der Waals surface area contributed by atoms with Gasteiger partial charge in [-0.05, 0) is 48.9 Å². The second-order valence-electron chi connectivity index (χ2n) is 7.16. The van der Waals surface area contributed by atoms with Gasteiger partial charge in [0.25, 0.3) is 5.91 Å². The number of fused-ring (bicyclic) bond motifs is 2. The number of rotatable bonds is 4. The maximum atomic E-state index is 12.7. The fourth-order valence-corrected chi connectivity index (χ4v) is 3.49. The average Bonchev–Trinajstić information content (AvgIpc) is 3.36. The number of hydrogen-bond donors (Lipinski definition) is 4. The zero-order chi connectivity index (χ0) is 20.7. The molecule has 8 nitrogen and oxygen atoms in total. The number of H-pyrrole nitrogens is 2. The minimum absolute atomic E-state index is 0.148. The Balaban J connectivity index is 1.45. The molecule has 5 N–H and O–H groups in total. The minimum atomic E-state index is -0.319. The number of carbonyl (C=O) groups excluding carboxylic acids is 1. The molecule has 1 atom stereocenters. The molecule has 0 fully saturated rings. The van der Waals surface area contributed by atoms with Crippen molar-refractivity contribution in [1.82, 2.24) is 30.5 Å². The fraction of sp³-hybridized carbons (Fsp3) is 0.0909. The van der Waals surface area contributed by atoms with E-state index in [9.17, 15) is 4.79 Å². The van der Waals surface area contributed by atoms with Crippen molar-refractivity contribution in [1.29, 1.82) is 0 Å². The van der Waals surface area contributed by atoms with Gasteiger partial charge in [0.1, 0.15) is 0 Å². The Morgan fingerprint density at radius 2 is 1.70 bits per heavy atom. The van der Waals surface area contributed by atoms with Crippen LogP contribution in [-0.4, -0.2) is 31.1 Å². The van der Waals surface area contributed by atoms with Crippen LogP contribution in [0.5, 0.6) is 0 Å². The Kier molecular flexibility index (Phi) is 4.17. The summed E-state index contributed by atoms with van der Waals surface area (Å²) in [5.41, 5.74) is 11.5. The van der Waals surface area contributed by atoms with Gasteiger partial charge in [-0.15, -0.1) is 0 Å². The first-order valence-electron chi connectivity index (χ1n) is 9.53. The molecule has 0 aliphatic heterocycles. The van der Waals surface area contributed by atoms with Gasteiger partial charge in [-0.1, -0.05) is 12.1 Å². The van der Waals surface area contributed by atoms with Crippen LogP contribution in [0.4, 0.5) is 5.69 Å². The Morgan fingerprint density at radius 3 is 2.43 bits per heavy atom. The molecular formula is C22H19N7O. The lowest BCUT2D eigenvalue weighted by molar-refractivity contribution is 0.0930. The van der Waals surface area contributed by atoms with Gasteiger partial charge in [-0.25, -0.2) is 9.97 Å². The summed E-state index contributed by atoms with van der Waals surface area (Å²) < 4.78 is 0. The number of nitrogens with zero attached hydrogens (tertiary/aromatic N) is 3. The second-order valence-corrected chi connectivity index (χ2v) is 7.16. The van der Waals surface area contributed by atoms with Crippen LogP contribution in [0.3, 0.4) is 0 Å². The third kappa shape index (κ3) is 3.14. The Morgan fingerprint density at radius 1 is 1.00 bits per heavy atom. The van der Waals surface area contributed by atoms with E-state index in [4.69, 9.17) is 5.73 Å². The first-order valence-corrected chi connectivity index (χ1v) is 9.53. The molecule has 30 heavy (non-hydrogen) atoms. The van der Waals surface area contributed by atoms with E-state index in [0.717, 1.165) is 27.7 Å². The number of pyridine rings is 1. The van der Waals surface area contributed by atoms with Gasteiger partial charge < -0.3 is 16.1 Å². The topological polar surface area (TPSA) is 125 Å². The van der Waals surface area contributed by atoms with Crippen molar-refractivity contribution in [2.45, 2.75) is 13.0 Å². The summed E-state index contributed by atoms with van der Waals surface area (Å²) >= 11 is 0. The number of aromatic nitrogens is 5. The van der Waals surface area contributed by atoms with Crippen LogP contribution >= 0.6 is 0 Å². The highest BCUT2D eigenvalue weighted by Crippen LogP contribution is 2.29. The maximum absolute atomic E-state index is 12.7. The number of benzene rings is 2. The van der Waals surface area contributed by atoms with Gasteiger partial charge in [0.05, 0.1) is 28.3 Å². The fourth-order valence-electron chi connectivity index (χ4n) is 3.49. The molecule has 2 aromatic carbocycles. The maximum Gasteiger partial charge on any atom is 0.289 e. The van der Waals surface area contributed by atoms with Crippen molar-refractivity contribution in [3.63, 3.8) is 0 Å². The smallest absolute Gasteiger partial charge is 0.289 e. The summed E-state index contributed by atoms with van der Waals surface area (Å²) in [6.07, 6.45) is 3.49. The van der Waals surface area contributed by atoms with Crippen LogP contribution in [-0.2, 0) is 0 Å². The number of nitrogens with one attached hydrogen (secondary N) is 3. The summed E-state index contributed by atoms with van der Waals surface area (Å²) in [6.45, 7) is 1.91. The number of amides is 1. The van der Waals surface area contributed by atoms with Crippen molar-refractivity contribution in [2.24, 2.45) is 0 Å². The van der Waals surface area contributed by atoms with Crippen LogP contribution in [0.25, 0.3) is 33.2 Å². The monoisotopic (exact) mass is 397 g/mol. The molecule has 0 aliphatic rings. The van der Waals surface area contributed by atoms with Gasteiger partial charge in [0, 0.05) is 29.0 Å². The SMILES string of the molecule is C[C@@H](NC(=O)c1nc2cc3[nH][nH]c(-c4ccncc4)c3cc2n1)c1ccc(N)cc1. The van der Waals surface area contributed by atoms with Crippen LogP contribution in [0.2, 0.25) is 0 Å². The average molecular weight is 397 g/mol. The predicted octanol–water partition coefficient (Wildman–Crippen LogP) is 3.57. The van der Waals surface area contributed by atoms with Crippen molar-refractivity contribution in [3.8, 4) is 11.3 Å². The lowest BCUT2D eigenvalue weighted by Gasteiger charge is -2.13. The van der Waals surface area contributed by atoms with Crippen molar-refractivity contribution < 1.29 is 4.79 Å². The highest BCUT2D eigenvalue weighted by molar-refractivity contribution is 6.02. The molecule has 0 unspecified atom stereocenters.